The van der Waals surface area contributed by atoms with E-state index < -0.39 is 0 Å². The molecule has 0 fully saturated rings. The molecule has 0 saturated carbocycles. The maximum atomic E-state index is 12.9. The number of methoxy groups -OCH3 is 1. The number of nitrogens with one attached hydrogen (secondary N) is 1. The molecule has 1 N–H and O–H groups in total. The standard InChI is InChI=1S/C24H22N2O3/c1-29-21-10-7-18(8-11-21)23(27)25-20-9-12-22-19(15-20)13-14-26(24(22)28)16-17-5-3-2-4-6-17/h2-12,15H,13-14,16H2,1H3,(H,25,27). The lowest BCUT2D eigenvalue weighted by Crippen LogP contribution is -2.37. The first-order valence-corrected chi connectivity index (χ1v) is 9.55. The summed E-state index contributed by atoms with van der Waals surface area (Å²) in [5.74, 6) is 0.539. The number of benzene rings is 3. The molecule has 0 radical (unpaired) electrons. The first-order chi connectivity index (χ1) is 14.1. The Balaban J connectivity index is 1.46. The molecule has 0 unspecified atom stereocenters. The molecule has 0 saturated heterocycles. The number of carbonyl (C=O) groups is 2. The van der Waals surface area contributed by atoms with Crippen molar-refractivity contribution in [2.24, 2.45) is 0 Å². The first kappa shape index (κ1) is 18.7. The molecule has 3 aromatic carbocycles. The van der Waals surface area contributed by atoms with Crippen molar-refractivity contribution < 1.29 is 14.3 Å². The number of fused-ring (bicyclic) bond motifs is 1. The molecular formula is C24H22N2O3. The van der Waals surface area contributed by atoms with Crippen LogP contribution in [0.1, 0.15) is 31.8 Å². The fourth-order valence-electron chi connectivity index (χ4n) is 3.51. The average molecular weight is 386 g/mol. The molecular weight excluding hydrogens is 364 g/mol. The Kier molecular flexibility index (Phi) is 5.29. The van der Waals surface area contributed by atoms with Crippen molar-refractivity contribution in [1.82, 2.24) is 4.90 Å². The highest BCUT2D eigenvalue weighted by Gasteiger charge is 2.24. The summed E-state index contributed by atoms with van der Waals surface area (Å²) in [6.07, 6.45) is 0.764. The van der Waals surface area contributed by atoms with E-state index in [1.807, 2.05) is 41.3 Å². The van der Waals surface area contributed by atoms with Crippen molar-refractivity contribution in [2.45, 2.75) is 13.0 Å². The second-order valence-electron chi connectivity index (χ2n) is 7.02. The van der Waals surface area contributed by atoms with Gasteiger partial charge >= 0.3 is 0 Å². The summed E-state index contributed by atoms with van der Waals surface area (Å²) in [5.41, 5.74) is 4.02. The molecule has 2 amide bonds. The predicted molar refractivity (Wildman–Crippen MR) is 112 cm³/mol. The second kappa shape index (κ2) is 8.19. The summed E-state index contributed by atoms with van der Waals surface area (Å²) in [6.45, 7) is 1.27. The molecule has 1 heterocycles. The van der Waals surface area contributed by atoms with Crippen molar-refractivity contribution in [1.29, 1.82) is 0 Å². The van der Waals surface area contributed by atoms with Gasteiger partial charge in [0.15, 0.2) is 0 Å². The van der Waals surface area contributed by atoms with Gasteiger partial charge in [-0.1, -0.05) is 30.3 Å². The zero-order chi connectivity index (χ0) is 20.2. The summed E-state index contributed by atoms with van der Waals surface area (Å²) in [4.78, 5) is 27.2. The van der Waals surface area contributed by atoms with E-state index in [1.165, 1.54) is 0 Å². The highest BCUT2D eigenvalue weighted by atomic mass is 16.5. The van der Waals surface area contributed by atoms with Crippen LogP contribution < -0.4 is 10.1 Å². The monoisotopic (exact) mass is 386 g/mol. The molecule has 1 aliphatic heterocycles. The molecule has 146 valence electrons. The lowest BCUT2D eigenvalue weighted by molar-refractivity contribution is 0.0727. The van der Waals surface area contributed by atoms with E-state index in [-0.39, 0.29) is 11.8 Å². The van der Waals surface area contributed by atoms with Gasteiger partial charge in [-0.2, -0.15) is 0 Å². The van der Waals surface area contributed by atoms with E-state index in [0.717, 1.165) is 17.5 Å². The Bertz CT molecular complexity index is 1030. The van der Waals surface area contributed by atoms with Gasteiger partial charge in [0.25, 0.3) is 11.8 Å². The van der Waals surface area contributed by atoms with Crippen LogP contribution in [0.5, 0.6) is 5.75 Å². The molecule has 0 spiro atoms. The lowest BCUT2D eigenvalue weighted by Gasteiger charge is -2.29. The Labute approximate surface area is 169 Å². The highest BCUT2D eigenvalue weighted by molar-refractivity contribution is 6.05. The molecule has 0 bridgehead atoms. The number of hydrogen-bond acceptors (Lipinski definition) is 3. The largest absolute Gasteiger partial charge is 0.497 e. The van der Waals surface area contributed by atoms with Gasteiger partial charge in [0.1, 0.15) is 5.75 Å². The summed E-state index contributed by atoms with van der Waals surface area (Å²) in [5, 5.41) is 2.91. The third-order valence-corrected chi connectivity index (χ3v) is 5.10. The molecule has 5 heteroatoms. The Hall–Kier alpha value is -3.60. The highest BCUT2D eigenvalue weighted by Crippen LogP contribution is 2.24. The van der Waals surface area contributed by atoms with Gasteiger partial charge < -0.3 is 15.0 Å². The fourth-order valence-corrected chi connectivity index (χ4v) is 3.51. The van der Waals surface area contributed by atoms with Gasteiger partial charge in [-0.25, -0.2) is 0 Å². The minimum absolute atomic E-state index is 0.0307. The molecule has 0 atom stereocenters. The van der Waals surface area contributed by atoms with Crippen LogP contribution in [0.3, 0.4) is 0 Å². The first-order valence-electron chi connectivity index (χ1n) is 9.55. The van der Waals surface area contributed by atoms with Crippen molar-refractivity contribution in [3.05, 3.63) is 95.1 Å². The summed E-state index contributed by atoms with van der Waals surface area (Å²) in [7, 11) is 1.59. The zero-order valence-electron chi connectivity index (χ0n) is 16.2. The lowest BCUT2D eigenvalue weighted by atomic mass is 9.97. The number of hydrogen-bond donors (Lipinski definition) is 1. The normalized spacial score (nSPS) is 13.0. The van der Waals surface area contributed by atoms with Gasteiger partial charge in [0.2, 0.25) is 0 Å². The minimum atomic E-state index is -0.194. The van der Waals surface area contributed by atoms with E-state index in [9.17, 15) is 9.59 Å². The van der Waals surface area contributed by atoms with Crippen LogP contribution in [0.15, 0.2) is 72.8 Å². The Morgan fingerprint density at radius 1 is 1.03 bits per heavy atom. The van der Waals surface area contributed by atoms with Crippen LogP contribution in [0, 0.1) is 0 Å². The maximum absolute atomic E-state index is 12.9. The van der Waals surface area contributed by atoms with Crippen LogP contribution >= 0.6 is 0 Å². The Morgan fingerprint density at radius 3 is 2.52 bits per heavy atom. The third kappa shape index (κ3) is 4.14. The van der Waals surface area contributed by atoms with E-state index in [1.54, 1.807) is 43.5 Å². The quantitative estimate of drug-likeness (QED) is 0.717. The molecule has 1 aliphatic rings. The van der Waals surface area contributed by atoms with E-state index in [0.29, 0.717) is 35.7 Å². The van der Waals surface area contributed by atoms with Crippen molar-refractivity contribution in [3.63, 3.8) is 0 Å². The summed E-state index contributed by atoms with van der Waals surface area (Å²) < 4.78 is 5.12. The smallest absolute Gasteiger partial charge is 0.255 e. The number of ether oxygens (including phenoxy) is 1. The predicted octanol–water partition coefficient (Wildman–Crippen LogP) is 4.15. The topological polar surface area (TPSA) is 58.6 Å². The molecule has 0 aliphatic carbocycles. The average Bonchev–Trinajstić information content (AvgIpc) is 2.76. The van der Waals surface area contributed by atoms with E-state index in [4.69, 9.17) is 4.74 Å². The van der Waals surface area contributed by atoms with Crippen molar-refractivity contribution >= 4 is 17.5 Å². The zero-order valence-corrected chi connectivity index (χ0v) is 16.2. The van der Waals surface area contributed by atoms with E-state index >= 15 is 0 Å². The fraction of sp³-hybridized carbons (Fsp3) is 0.167. The van der Waals surface area contributed by atoms with Crippen LogP contribution in [-0.4, -0.2) is 30.4 Å². The van der Waals surface area contributed by atoms with Crippen LogP contribution in [0.25, 0.3) is 0 Å². The van der Waals surface area contributed by atoms with Gasteiger partial charge in [0, 0.05) is 29.9 Å². The van der Waals surface area contributed by atoms with Gasteiger partial charge in [-0.15, -0.1) is 0 Å². The molecule has 29 heavy (non-hydrogen) atoms. The minimum Gasteiger partial charge on any atom is -0.497 e. The second-order valence-corrected chi connectivity index (χ2v) is 7.02. The molecule has 4 rings (SSSR count). The number of carbonyl (C=O) groups excluding carboxylic acids is 2. The van der Waals surface area contributed by atoms with Gasteiger partial charge in [-0.3, -0.25) is 9.59 Å². The summed E-state index contributed by atoms with van der Waals surface area (Å²) in [6, 6.07) is 22.4. The van der Waals surface area contributed by atoms with Crippen molar-refractivity contribution in [3.8, 4) is 5.75 Å². The van der Waals surface area contributed by atoms with Crippen molar-refractivity contribution in [2.75, 3.05) is 19.0 Å². The third-order valence-electron chi connectivity index (χ3n) is 5.10. The molecule has 0 aromatic heterocycles. The number of nitrogens with zero attached hydrogens (tertiary/aromatic N) is 1. The van der Waals surface area contributed by atoms with Crippen LogP contribution in [-0.2, 0) is 13.0 Å². The van der Waals surface area contributed by atoms with Crippen LogP contribution in [0.2, 0.25) is 0 Å². The maximum Gasteiger partial charge on any atom is 0.255 e. The summed E-state index contributed by atoms with van der Waals surface area (Å²) >= 11 is 0. The number of amides is 2. The molecule has 3 aromatic rings. The van der Waals surface area contributed by atoms with E-state index in [2.05, 4.69) is 5.32 Å². The van der Waals surface area contributed by atoms with Gasteiger partial charge in [-0.05, 0) is 60.0 Å². The molecule has 5 nitrogen and oxygen atoms in total. The van der Waals surface area contributed by atoms with Crippen LogP contribution in [0.4, 0.5) is 5.69 Å². The number of anilines is 1. The SMILES string of the molecule is COc1ccc(C(=O)Nc2ccc3c(c2)CCN(Cc2ccccc2)C3=O)cc1. The Morgan fingerprint density at radius 2 is 1.79 bits per heavy atom. The van der Waals surface area contributed by atoms with Gasteiger partial charge in [0.05, 0.1) is 7.11 Å². The number of rotatable bonds is 5.